The van der Waals surface area contributed by atoms with E-state index in [1.54, 1.807) is 12.1 Å². The average molecular weight is 433 g/mol. The number of nitrogens with one attached hydrogen (secondary N) is 1. The largest absolute Gasteiger partial charge is 0.381 e. The van der Waals surface area contributed by atoms with Crippen molar-refractivity contribution >= 4 is 46.0 Å². The maximum absolute atomic E-state index is 13.1. The molecule has 1 aromatic carbocycles. The number of imide groups is 1. The van der Waals surface area contributed by atoms with Crippen molar-refractivity contribution in [2.24, 2.45) is 0 Å². The predicted octanol–water partition coefficient (Wildman–Crippen LogP) is 5.11. The Labute approximate surface area is 180 Å². The molecule has 154 valence electrons. The molecule has 1 N–H and O–H groups in total. The van der Waals surface area contributed by atoms with Gasteiger partial charge in [0, 0.05) is 35.3 Å². The average Bonchev–Trinajstić information content (AvgIpc) is 3.30. The Bertz CT molecular complexity index is 909. The number of amides is 2. The van der Waals surface area contributed by atoms with Gasteiger partial charge in [0.25, 0.3) is 11.8 Å². The van der Waals surface area contributed by atoms with E-state index >= 15 is 0 Å². The number of halogens is 1. The van der Waals surface area contributed by atoms with Crippen LogP contribution in [0.15, 0.2) is 41.4 Å². The molecule has 1 aliphatic rings. The number of ether oxygens (including phenoxy) is 1. The maximum Gasteiger partial charge on any atom is 0.278 e. The van der Waals surface area contributed by atoms with Crippen molar-refractivity contribution in [3.05, 3.63) is 56.9 Å². The van der Waals surface area contributed by atoms with E-state index in [9.17, 15) is 9.59 Å². The molecule has 1 aliphatic heterocycles. The lowest BCUT2D eigenvalue weighted by Crippen LogP contribution is -2.34. The fourth-order valence-electron chi connectivity index (χ4n) is 3.08. The van der Waals surface area contributed by atoms with Crippen LogP contribution in [0.3, 0.4) is 0 Å². The van der Waals surface area contributed by atoms with Crippen LogP contribution in [-0.2, 0) is 14.3 Å². The second-order valence-electron chi connectivity index (χ2n) is 6.89. The molecule has 1 aromatic heterocycles. The molecule has 0 saturated carbocycles. The van der Waals surface area contributed by atoms with Crippen molar-refractivity contribution in [1.29, 1.82) is 0 Å². The van der Waals surface area contributed by atoms with E-state index in [4.69, 9.17) is 16.3 Å². The lowest BCUT2D eigenvalue weighted by atomic mass is 10.1. The normalized spacial score (nSPS) is 14.2. The van der Waals surface area contributed by atoms with Gasteiger partial charge in [0.05, 0.1) is 5.57 Å². The molecule has 0 unspecified atom stereocenters. The monoisotopic (exact) mass is 432 g/mol. The van der Waals surface area contributed by atoms with Gasteiger partial charge in [-0.2, -0.15) is 0 Å². The van der Waals surface area contributed by atoms with Crippen LogP contribution in [0.5, 0.6) is 0 Å². The van der Waals surface area contributed by atoms with E-state index in [0.29, 0.717) is 48.2 Å². The second-order valence-corrected chi connectivity index (χ2v) is 8.28. The molecule has 3 rings (SSSR count). The Morgan fingerprint density at radius 1 is 1.14 bits per heavy atom. The Morgan fingerprint density at radius 2 is 1.93 bits per heavy atom. The summed E-state index contributed by atoms with van der Waals surface area (Å²) >= 11 is 7.56. The summed E-state index contributed by atoms with van der Waals surface area (Å²) in [5, 5.41) is 5.63. The molecule has 2 amide bonds. The van der Waals surface area contributed by atoms with Crippen LogP contribution in [0.1, 0.15) is 36.6 Å². The highest BCUT2D eigenvalue weighted by molar-refractivity contribution is 7.11. The van der Waals surface area contributed by atoms with Crippen LogP contribution in [0.2, 0.25) is 5.02 Å². The minimum absolute atomic E-state index is 0.270. The third-order valence-electron chi connectivity index (χ3n) is 4.71. The van der Waals surface area contributed by atoms with Crippen molar-refractivity contribution < 1.29 is 14.3 Å². The SMILES string of the molecule is CCCCOCCCN1C(=O)C(Nc2cc(Cl)ccc2C)=C(c2cccs2)C1=O. The van der Waals surface area contributed by atoms with Crippen LogP contribution in [0, 0.1) is 6.92 Å². The van der Waals surface area contributed by atoms with E-state index in [-0.39, 0.29) is 11.8 Å². The highest BCUT2D eigenvalue weighted by Gasteiger charge is 2.39. The van der Waals surface area contributed by atoms with Crippen LogP contribution >= 0.6 is 22.9 Å². The van der Waals surface area contributed by atoms with Crippen LogP contribution in [0.25, 0.3) is 5.57 Å². The summed E-state index contributed by atoms with van der Waals surface area (Å²) in [5.74, 6) is -0.584. The lowest BCUT2D eigenvalue weighted by Gasteiger charge is -2.15. The van der Waals surface area contributed by atoms with E-state index in [2.05, 4.69) is 12.2 Å². The number of benzene rings is 1. The Kier molecular flexibility index (Phi) is 7.47. The maximum atomic E-state index is 13.1. The first-order valence-electron chi connectivity index (χ1n) is 9.78. The highest BCUT2D eigenvalue weighted by Crippen LogP contribution is 2.34. The first-order chi connectivity index (χ1) is 14.0. The van der Waals surface area contributed by atoms with Gasteiger partial charge in [-0.1, -0.05) is 37.1 Å². The second kappa shape index (κ2) is 10.1. The van der Waals surface area contributed by atoms with Gasteiger partial charge in [-0.15, -0.1) is 11.3 Å². The number of rotatable bonds is 10. The summed E-state index contributed by atoms with van der Waals surface area (Å²) in [6, 6.07) is 9.16. The predicted molar refractivity (Wildman–Crippen MR) is 118 cm³/mol. The molecule has 7 heteroatoms. The highest BCUT2D eigenvalue weighted by atomic mass is 35.5. The number of hydrogen-bond donors (Lipinski definition) is 1. The molecule has 0 saturated heterocycles. The number of carbonyl (C=O) groups is 2. The molecular weight excluding hydrogens is 408 g/mol. The van der Waals surface area contributed by atoms with Gasteiger partial charge in [0.2, 0.25) is 0 Å². The van der Waals surface area contributed by atoms with Crippen LogP contribution in [-0.4, -0.2) is 36.5 Å². The number of unbranched alkanes of at least 4 members (excludes halogenated alkanes) is 1. The zero-order valence-electron chi connectivity index (χ0n) is 16.7. The number of nitrogens with zero attached hydrogens (tertiary/aromatic N) is 1. The van der Waals surface area contributed by atoms with E-state index < -0.39 is 0 Å². The first kappa shape index (κ1) is 21.6. The third kappa shape index (κ3) is 5.07. The molecular formula is C22H25ClN2O3S. The van der Waals surface area contributed by atoms with E-state index in [0.717, 1.165) is 23.3 Å². The summed E-state index contributed by atoms with van der Waals surface area (Å²) in [6.45, 7) is 5.60. The molecule has 0 spiro atoms. The molecule has 0 fully saturated rings. The molecule has 29 heavy (non-hydrogen) atoms. The van der Waals surface area contributed by atoms with E-state index in [1.165, 1.54) is 16.2 Å². The van der Waals surface area contributed by atoms with Crippen molar-refractivity contribution in [1.82, 2.24) is 4.90 Å². The molecule has 2 heterocycles. The minimum atomic E-state index is -0.314. The zero-order chi connectivity index (χ0) is 20.8. The van der Waals surface area contributed by atoms with Gasteiger partial charge in [-0.3, -0.25) is 14.5 Å². The summed E-state index contributed by atoms with van der Waals surface area (Å²) in [6.07, 6.45) is 2.70. The third-order valence-corrected chi connectivity index (χ3v) is 5.83. The number of hydrogen-bond acceptors (Lipinski definition) is 5. The van der Waals surface area contributed by atoms with E-state index in [1.807, 2.05) is 30.5 Å². The van der Waals surface area contributed by atoms with Crippen molar-refractivity contribution in [3.8, 4) is 0 Å². The molecule has 0 radical (unpaired) electrons. The zero-order valence-corrected chi connectivity index (χ0v) is 18.2. The lowest BCUT2D eigenvalue weighted by molar-refractivity contribution is -0.137. The summed E-state index contributed by atoms with van der Waals surface area (Å²) in [7, 11) is 0. The topological polar surface area (TPSA) is 58.6 Å². The molecule has 2 aromatic rings. The van der Waals surface area contributed by atoms with Gasteiger partial charge in [0.15, 0.2) is 0 Å². The van der Waals surface area contributed by atoms with Crippen molar-refractivity contribution in [2.45, 2.75) is 33.1 Å². The van der Waals surface area contributed by atoms with Gasteiger partial charge in [0.1, 0.15) is 5.70 Å². The Balaban J connectivity index is 1.80. The summed E-state index contributed by atoms with van der Waals surface area (Å²) in [4.78, 5) is 28.3. The van der Waals surface area contributed by atoms with Crippen molar-refractivity contribution in [2.75, 3.05) is 25.1 Å². The van der Waals surface area contributed by atoms with Crippen LogP contribution in [0.4, 0.5) is 5.69 Å². The number of thiophene rings is 1. The molecule has 5 nitrogen and oxygen atoms in total. The Morgan fingerprint density at radius 3 is 2.66 bits per heavy atom. The number of aryl methyl sites for hydroxylation is 1. The van der Waals surface area contributed by atoms with Gasteiger partial charge in [-0.05, 0) is 48.9 Å². The molecule has 0 aliphatic carbocycles. The smallest absolute Gasteiger partial charge is 0.278 e. The Hall–Kier alpha value is -2.15. The quantitative estimate of drug-likeness (QED) is 0.418. The number of anilines is 1. The summed E-state index contributed by atoms with van der Waals surface area (Å²) < 4.78 is 5.56. The first-order valence-corrected chi connectivity index (χ1v) is 11.0. The molecule has 0 atom stereocenters. The van der Waals surface area contributed by atoms with Gasteiger partial charge in [-0.25, -0.2) is 0 Å². The number of carbonyl (C=O) groups excluding carboxylic acids is 2. The van der Waals surface area contributed by atoms with Crippen molar-refractivity contribution in [3.63, 3.8) is 0 Å². The minimum Gasteiger partial charge on any atom is -0.381 e. The van der Waals surface area contributed by atoms with Gasteiger partial charge >= 0.3 is 0 Å². The van der Waals surface area contributed by atoms with Crippen LogP contribution < -0.4 is 5.32 Å². The fraction of sp³-hybridized carbons (Fsp3) is 0.364. The summed E-state index contributed by atoms with van der Waals surface area (Å²) in [5.41, 5.74) is 2.37. The van der Waals surface area contributed by atoms with Gasteiger partial charge < -0.3 is 10.1 Å². The standard InChI is InChI=1S/C22H25ClN2O3S/c1-3-4-11-28-12-6-10-25-21(26)19(18-7-5-13-29-18)20(22(25)27)24-17-14-16(23)9-8-15(17)2/h5,7-9,13-14,24H,3-4,6,10-12H2,1-2H3. The molecule has 0 bridgehead atoms. The fourth-order valence-corrected chi connectivity index (χ4v) is 4.02.